The number of halogens is 2. The minimum Gasteiger partial charge on any atom is -0.485 e. The van der Waals surface area contributed by atoms with Gasteiger partial charge >= 0.3 is 0 Å². The van der Waals surface area contributed by atoms with Gasteiger partial charge in [-0.3, -0.25) is 4.79 Å². The van der Waals surface area contributed by atoms with Crippen molar-refractivity contribution in [1.29, 1.82) is 0 Å². The molecule has 0 bridgehead atoms. The Balaban J connectivity index is 2.07. The third-order valence-electron chi connectivity index (χ3n) is 2.67. The summed E-state index contributed by atoms with van der Waals surface area (Å²) in [6.07, 6.45) is 0. The summed E-state index contributed by atoms with van der Waals surface area (Å²) >= 11 is 5.93. The van der Waals surface area contributed by atoms with Gasteiger partial charge in [-0.25, -0.2) is 4.39 Å². The largest absolute Gasteiger partial charge is 0.485 e. The zero-order valence-electron chi connectivity index (χ0n) is 10.3. The summed E-state index contributed by atoms with van der Waals surface area (Å²) in [6, 6.07) is 10.9. The SMILES string of the molecule is Cc1cc(F)ccc1OCC(=O)c1ccccc1Cl. The smallest absolute Gasteiger partial charge is 0.201 e. The predicted octanol–water partition coefficient (Wildman–Crippen LogP) is 4.05. The van der Waals surface area contributed by atoms with Gasteiger partial charge in [0, 0.05) is 5.56 Å². The highest BCUT2D eigenvalue weighted by atomic mass is 35.5. The van der Waals surface area contributed by atoms with Gasteiger partial charge in [-0.2, -0.15) is 0 Å². The van der Waals surface area contributed by atoms with Gasteiger partial charge in [-0.1, -0.05) is 23.7 Å². The highest BCUT2D eigenvalue weighted by Gasteiger charge is 2.11. The molecular weight excluding hydrogens is 267 g/mol. The van der Waals surface area contributed by atoms with Gasteiger partial charge in [-0.15, -0.1) is 0 Å². The van der Waals surface area contributed by atoms with E-state index in [4.69, 9.17) is 16.3 Å². The van der Waals surface area contributed by atoms with Crippen molar-refractivity contribution < 1.29 is 13.9 Å². The van der Waals surface area contributed by atoms with E-state index in [1.54, 1.807) is 31.2 Å². The highest BCUT2D eigenvalue weighted by Crippen LogP contribution is 2.20. The molecule has 2 nitrogen and oxygen atoms in total. The molecule has 0 spiro atoms. The van der Waals surface area contributed by atoms with Gasteiger partial charge < -0.3 is 4.74 Å². The third-order valence-corrected chi connectivity index (χ3v) is 3.00. The molecule has 2 aromatic carbocycles. The molecule has 0 aliphatic rings. The van der Waals surface area contributed by atoms with E-state index in [1.165, 1.54) is 18.2 Å². The maximum atomic E-state index is 12.9. The quantitative estimate of drug-likeness (QED) is 0.789. The minimum atomic E-state index is -0.331. The van der Waals surface area contributed by atoms with Gasteiger partial charge in [-0.05, 0) is 42.8 Å². The lowest BCUT2D eigenvalue weighted by Crippen LogP contribution is -2.12. The molecule has 98 valence electrons. The third kappa shape index (κ3) is 3.32. The first kappa shape index (κ1) is 13.6. The van der Waals surface area contributed by atoms with Crippen molar-refractivity contribution in [2.75, 3.05) is 6.61 Å². The Morgan fingerprint density at radius 3 is 2.68 bits per heavy atom. The van der Waals surface area contributed by atoms with Crippen LogP contribution >= 0.6 is 11.6 Å². The van der Waals surface area contributed by atoms with Crippen LogP contribution in [0.15, 0.2) is 42.5 Å². The lowest BCUT2D eigenvalue weighted by molar-refractivity contribution is 0.0921. The summed E-state index contributed by atoms with van der Waals surface area (Å²) in [7, 11) is 0. The number of benzene rings is 2. The van der Waals surface area contributed by atoms with Gasteiger partial charge in [0.1, 0.15) is 11.6 Å². The molecule has 0 amide bonds. The van der Waals surface area contributed by atoms with E-state index < -0.39 is 0 Å². The molecule has 0 unspecified atom stereocenters. The number of rotatable bonds is 4. The van der Waals surface area contributed by atoms with Crippen LogP contribution in [0, 0.1) is 12.7 Å². The van der Waals surface area contributed by atoms with E-state index in [9.17, 15) is 9.18 Å². The normalized spacial score (nSPS) is 10.3. The molecule has 0 saturated heterocycles. The molecule has 4 heteroatoms. The second-order valence-corrected chi connectivity index (χ2v) is 4.51. The van der Waals surface area contributed by atoms with Gasteiger partial charge in [0.2, 0.25) is 5.78 Å². The molecule has 0 aliphatic heterocycles. The molecule has 0 aromatic heterocycles. The van der Waals surface area contributed by atoms with E-state index in [0.29, 0.717) is 21.9 Å². The van der Waals surface area contributed by atoms with E-state index in [-0.39, 0.29) is 18.2 Å². The van der Waals surface area contributed by atoms with Crippen LogP contribution in [-0.4, -0.2) is 12.4 Å². The number of Topliss-reactive ketones (excluding diaryl/α,β-unsaturated/α-hetero) is 1. The molecular formula is C15H12ClFO2. The molecule has 2 rings (SSSR count). The molecule has 0 saturated carbocycles. The van der Waals surface area contributed by atoms with Crippen LogP contribution in [-0.2, 0) is 0 Å². The molecule has 0 fully saturated rings. The van der Waals surface area contributed by atoms with Crippen LogP contribution in [0.25, 0.3) is 0 Å². The zero-order chi connectivity index (χ0) is 13.8. The zero-order valence-corrected chi connectivity index (χ0v) is 11.1. The molecule has 0 radical (unpaired) electrons. The Morgan fingerprint density at radius 2 is 2.00 bits per heavy atom. The number of aryl methyl sites for hydroxylation is 1. The standard InChI is InChI=1S/C15H12ClFO2/c1-10-8-11(17)6-7-15(10)19-9-14(18)12-4-2-3-5-13(12)16/h2-8H,9H2,1H3. The fourth-order valence-electron chi connectivity index (χ4n) is 1.68. The van der Waals surface area contributed by atoms with E-state index in [2.05, 4.69) is 0 Å². The number of ketones is 1. The first-order chi connectivity index (χ1) is 9.08. The van der Waals surface area contributed by atoms with Crippen molar-refractivity contribution in [2.24, 2.45) is 0 Å². The second kappa shape index (κ2) is 5.85. The number of carbonyl (C=O) groups excluding carboxylic acids is 1. The molecule has 0 heterocycles. The summed E-state index contributed by atoms with van der Waals surface area (Å²) in [5.41, 5.74) is 1.07. The Morgan fingerprint density at radius 1 is 1.26 bits per heavy atom. The Labute approximate surface area is 115 Å². The van der Waals surface area contributed by atoms with Crippen LogP contribution in [0.4, 0.5) is 4.39 Å². The summed E-state index contributed by atoms with van der Waals surface area (Å²) in [5.74, 6) is -0.0570. The first-order valence-corrected chi connectivity index (χ1v) is 6.12. The van der Waals surface area contributed by atoms with Crippen LogP contribution < -0.4 is 4.74 Å². The van der Waals surface area contributed by atoms with Crippen LogP contribution in [0.1, 0.15) is 15.9 Å². The lowest BCUT2D eigenvalue weighted by atomic mass is 10.1. The van der Waals surface area contributed by atoms with Gasteiger partial charge in [0.25, 0.3) is 0 Å². The monoisotopic (exact) mass is 278 g/mol. The number of ether oxygens (including phenoxy) is 1. The highest BCUT2D eigenvalue weighted by molar-refractivity contribution is 6.34. The molecule has 0 aliphatic carbocycles. The van der Waals surface area contributed by atoms with Crippen molar-refractivity contribution in [3.63, 3.8) is 0 Å². The van der Waals surface area contributed by atoms with Gasteiger partial charge in [0.05, 0.1) is 5.02 Å². The predicted molar refractivity (Wildman–Crippen MR) is 72.4 cm³/mol. The topological polar surface area (TPSA) is 26.3 Å². The molecule has 0 N–H and O–H groups in total. The maximum Gasteiger partial charge on any atom is 0.201 e. The average Bonchev–Trinajstić information content (AvgIpc) is 2.38. The number of hydrogen-bond donors (Lipinski definition) is 0. The number of hydrogen-bond acceptors (Lipinski definition) is 2. The van der Waals surface area contributed by atoms with Crippen LogP contribution in [0.3, 0.4) is 0 Å². The molecule has 0 atom stereocenters. The van der Waals surface area contributed by atoms with Crippen molar-refractivity contribution in [3.05, 3.63) is 64.4 Å². The fraction of sp³-hybridized carbons (Fsp3) is 0.133. The van der Waals surface area contributed by atoms with E-state index >= 15 is 0 Å². The first-order valence-electron chi connectivity index (χ1n) is 5.74. The minimum absolute atomic E-state index is 0.129. The van der Waals surface area contributed by atoms with Crippen molar-refractivity contribution >= 4 is 17.4 Å². The summed E-state index contributed by atoms with van der Waals surface area (Å²) in [5, 5.41) is 0.395. The molecule has 2 aromatic rings. The maximum absolute atomic E-state index is 12.9. The van der Waals surface area contributed by atoms with Crippen molar-refractivity contribution in [1.82, 2.24) is 0 Å². The number of carbonyl (C=O) groups is 1. The van der Waals surface area contributed by atoms with Gasteiger partial charge in [0.15, 0.2) is 6.61 Å². The average molecular weight is 279 g/mol. The Hall–Kier alpha value is -1.87. The van der Waals surface area contributed by atoms with Crippen molar-refractivity contribution in [3.8, 4) is 5.75 Å². The summed E-state index contributed by atoms with van der Waals surface area (Å²) < 4.78 is 18.3. The van der Waals surface area contributed by atoms with Crippen LogP contribution in [0.2, 0.25) is 5.02 Å². The van der Waals surface area contributed by atoms with E-state index in [0.717, 1.165) is 0 Å². The summed E-state index contributed by atoms with van der Waals surface area (Å²) in [4.78, 5) is 11.9. The second-order valence-electron chi connectivity index (χ2n) is 4.10. The fourth-order valence-corrected chi connectivity index (χ4v) is 1.92. The molecule has 19 heavy (non-hydrogen) atoms. The lowest BCUT2D eigenvalue weighted by Gasteiger charge is -2.09. The Kier molecular flexibility index (Phi) is 4.17. The summed E-state index contributed by atoms with van der Waals surface area (Å²) in [6.45, 7) is 1.59. The van der Waals surface area contributed by atoms with Crippen molar-refractivity contribution in [2.45, 2.75) is 6.92 Å². The Bertz CT molecular complexity index is 611. The van der Waals surface area contributed by atoms with Crippen LogP contribution in [0.5, 0.6) is 5.75 Å². The van der Waals surface area contributed by atoms with E-state index in [1.807, 2.05) is 0 Å².